The van der Waals surface area contributed by atoms with Crippen LogP contribution in [0.5, 0.6) is 0 Å². The number of amides is 2. The van der Waals surface area contributed by atoms with Gasteiger partial charge in [-0.2, -0.15) is 0 Å². The van der Waals surface area contributed by atoms with Crippen molar-refractivity contribution in [3.63, 3.8) is 0 Å². The number of methoxy groups -OCH3 is 1. The Morgan fingerprint density at radius 2 is 1.93 bits per heavy atom. The molecule has 29 heavy (non-hydrogen) atoms. The average Bonchev–Trinajstić information content (AvgIpc) is 2.78. The number of likely N-dealkylation sites (tertiary alicyclic amines) is 2. The fraction of sp³-hybridized carbons (Fsp3) is 0.667. The van der Waals surface area contributed by atoms with Crippen molar-refractivity contribution in [1.29, 1.82) is 0 Å². The Labute approximate surface area is 171 Å². The monoisotopic (exact) mass is 402 g/mol. The van der Waals surface area contributed by atoms with Crippen molar-refractivity contribution in [2.75, 3.05) is 65.0 Å². The van der Waals surface area contributed by atoms with Crippen molar-refractivity contribution in [2.45, 2.75) is 25.4 Å². The van der Waals surface area contributed by atoms with Crippen molar-refractivity contribution in [2.24, 2.45) is 5.41 Å². The summed E-state index contributed by atoms with van der Waals surface area (Å²) in [5, 5.41) is 0. The number of likely N-dealkylation sites (N-methyl/N-ethyl adjacent to an activating group) is 1. The van der Waals surface area contributed by atoms with Crippen LogP contribution in [0.2, 0.25) is 0 Å². The zero-order chi connectivity index (χ0) is 20.4. The smallest absolute Gasteiger partial charge is 0.255 e. The van der Waals surface area contributed by atoms with Crippen molar-refractivity contribution >= 4 is 17.6 Å². The van der Waals surface area contributed by atoms with Crippen LogP contribution in [-0.4, -0.2) is 92.8 Å². The summed E-state index contributed by atoms with van der Waals surface area (Å²) in [5.41, 5.74) is 0.197. The molecule has 0 N–H and O–H groups in total. The van der Waals surface area contributed by atoms with Gasteiger partial charge in [-0.1, -0.05) is 0 Å². The molecule has 2 amide bonds. The molecule has 0 bridgehead atoms. The number of hydrogen-bond acceptors (Lipinski definition) is 6. The third-order valence-electron chi connectivity index (χ3n) is 6.57. The second kappa shape index (κ2) is 8.28. The molecule has 158 valence electrons. The minimum atomic E-state index is -0.400. The Hall–Kier alpha value is -2.19. The maximum atomic E-state index is 13.0. The van der Waals surface area contributed by atoms with Crippen LogP contribution in [-0.2, 0) is 14.3 Å². The van der Waals surface area contributed by atoms with E-state index in [9.17, 15) is 9.59 Å². The molecule has 1 unspecified atom stereocenters. The van der Waals surface area contributed by atoms with Gasteiger partial charge in [0.05, 0.1) is 30.3 Å². The predicted octanol–water partition coefficient (Wildman–Crippen LogP) is 1.02. The molecule has 3 aliphatic heterocycles. The molecule has 1 atom stereocenters. The van der Waals surface area contributed by atoms with Crippen molar-refractivity contribution in [1.82, 2.24) is 14.8 Å². The van der Waals surface area contributed by atoms with Gasteiger partial charge in [-0.15, -0.1) is 0 Å². The summed E-state index contributed by atoms with van der Waals surface area (Å²) in [5.74, 6) is 1.05. The number of aromatic nitrogens is 1. The van der Waals surface area contributed by atoms with E-state index >= 15 is 0 Å². The van der Waals surface area contributed by atoms with Gasteiger partial charge < -0.3 is 24.2 Å². The molecule has 1 spiro atoms. The van der Waals surface area contributed by atoms with Crippen molar-refractivity contribution < 1.29 is 19.1 Å². The standard InChI is InChI=1S/C21H30N4O4/c1-23-15-17(28-2)13-21(20(23)27)5-7-25(8-6-21)19(26)16-3-4-18(22-14-16)24-9-11-29-12-10-24/h3-4,14,17H,5-13,15H2,1-2H3. The van der Waals surface area contributed by atoms with Gasteiger partial charge in [0.25, 0.3) is 5.91 Å². The summed E-state index contributed by atoms with van der Waals surface area (Å²) in [6, 6.07) is 3.76. The average molecular weight is 402 g/mol. The zero-order valence-corrected chi connectivity index (χ0v) is 17.3. The molecule has 0 radical (unpaired) electrons. The molecule has 3 fully saturated rings. The first kappa shape index (κ1) is 20.1. The molecule has 8 nitrogen and oxygen atoms in total. The maximum absolute atomic E-state index is 13.0. The molecule has 3 aliphatic rings. The number of carbonyl (C=O) groups excluding carboxylic acids is 2. The largest absolute Gasteiger partial charge is 0.380 e. The fourth-order valence-corrected chi connectivity index (χ4v) is 4.77. The molecule has 8 heteroatoms. The lowest BCUT2D eigenvalue weighted by molar-refractivity contribution is -0.155. The lowest BCUT2D eigenvalue weighted by atomic mass is 9.71. The van der Waals surface area contributed by atoms with Gasteiger partial charge in [0.15, 0.2) is 0 Å². The van der Waals surface area contributed by atoms with Gasteiger partial charge in [-0.3, -0.25) is 9.59 Å². The van der Waals surface area contributed by atoms with Crippen LogP contribution in [0, 0.1) is 5.41 Å². The third kappa shape index (κ3) is 3.96. The summed E-state index contributed by atoms with van der Waals surface area (Å²) in [7, 11) is 3.54. The molecular weight excluding hydrogens is 372 g/mol. The highest BCUT2D eigenvalue weighted by Crippen LogP contribution is 2.41. The molecular formula is C21H30N4O4. The number of anilines is 1. The van der Waals surface area contributed by atoms with E-state index in [1.807, 2.05) is 24.1 Å². The summed E-state index contributed by atoms with van der Waals surface area (Å²) >= 11 is 0. The van der Waals surface area contributed by atoms with Crippen molar-refractivity contribution in [3.8, 4) is 0 Å². The quantitative estimate of drug-likeness (QED) is 0.752. The Balaban J connectivity index is 1.39. The highest BCUT2D eigenvalue weighted by atomic mass is 16.5. The Kier molecular flexibility index (Phi) is 5.74. The maximum Gasteiger partial charge on any atom is 0.255 e. The van der Waals surface area contributed by atoms with E-state index in [1.54, 1.807) is 18.2 Å². The molecule has 0 aliphatic carbocycles. The second-order valence-corrected chi connectivity index (χ2v) is 8.32. The SMILES string of the molecule is COC1CN(C)C(=O)C2(CCN(C(=O)c3ccc(N4CCOCC4)nc3)CC2)C1. The van der Waals surface area contributed by atoms with Crippen LogP contribution in [0.4, 0.5) is 5.82 Å². The van der Waals surface area contributed by atoms with Gasteiger partial charge in [0, 0.05) is 53.1 Å². The number of hydrogen-bond donors (Lipinski definition) is 0. The summed E-state index contributed by atoms with van der Waals surface area (Å²) in [6.45, 7) is 4.85. The van der Waals surface area contributed by atoms with E-state index in [2.05, 4.69) is 9.88 Å². The normalized spacial score (nSPS) is 24.8. The molecule has 1 aromatic heterocycles. The zero-order valence-electron chi connectivity index (χ0n) is 17.3. The Morgan fingerprint density at radius 3 is 2.55 bits per heavy atom. The number of piperidine rings is 2. The predicted molar refractivity (Wildman–Crippen MR) is 108 cm³/mol. The molecule has 0 saturated carbocycles. The van der Waals surface area contributed by atoms with Crippen LogP contribution in [0.25, 0.3) is 0 Å². The van der Waals surface area contributed by atoms with Gasteiger partial charge in [-0.05, 0) is 31.4 Å². The first-order valence-corrected chi connectivity index (χ1v) is 10.4. The number of nitrogens with zero attached hydrogens (tertiary/aromatic N) is 4. The number of rotatable bonds is 3. The second-order valence-electron chi connectivity index (χ2n) is 8.32. The van der Waals surface area contributed by atoms with Gasteiger partial charge in [0.1, 0.15) is 5.82 Å². The van der Waals surface area contributed by atoms with E-state index in [1.165, 1.54) is 0 Å². The van der Waals surface area contributed by atoms with Crippen molar-refractivity contribution in [3.05, 3.63) is 23.9 Å². The van der Waals surface area contributed by atoms with E-state index in [-0.39, 0.29) is 17.9 Å². The van der Waals surface area contributed by atoms with E-state index in [0.29, 0.717) is 51.3 Å². The Bertz CT molecular complexity index is 740. The lowest BCUT2D eigenvalue weighted by Gasteiger charge is -2.47. The third-order valence-corrected chi connectivity index (χ3v) is 6.57. The topological polar surface area (TPSA) is 75.2 Å². The molecule has 4 rings (SSSR count). The van der Waals surface area contributed by atoms with E-state index < -0.39 is 5.41 Å². The highest BCUT2D eigenvalue weighted by molar-refractivity contribution is 5.94. The van der Waals surface area contributed by atoms with E-state index in [0.717, 1.165) is 25.3 Å². The lowest BCUT2D eigenvalue weighted by Crippen LogP contribution is -2.57. The number of pyridine rings is 1. The minimum Gasteiger partial charge on any atom is -0.380 e. The fourth-order valence-electron chi connectivity index (χ4n) is 4.77. The summed E-state index contributed by atoms with van der Waals surface area (Å²) in [6.07, 6.45) is 3.84. The van der Waals surface area contributed by atoms with Gasteiger partial charge >= 0.3 is 0 Å². The molecule has 3 saturated heterocycles. The highest BCUT2D eigenvalue weighted by Gasteiger charge is 2.48. The summed E-state index contributed by atoms with van der Waals surface area (Å²) in [4.78, 5) is 36.1. The van der Waals surface area contributed by atoms with E-state index in [4.69, 9.17) is 9.47 Å². The number of carbonyl (C=O) groups is 2. The Morgan fingerprint density at radius 1 is 1.21 bits per heavy atom. The van der Waals surface area contributed by atoms with Crippen LogP contribution in [0.1, 0.15) is 29.6 Å². The summed E-state index contributed by atoms with van der Waals surface area (Å²) < 4.78 is 10.9. The van der Waals surface area contributed by atoms with Crippen LogP contribution in [0.15, 0.2) is 18.3 Å². The molecule has 1 aromatic rings. The molecule has 4 heterocycles. The van der Waals surface area contributed by atoms with Gasteiger partial charge in [0.2, 0.25) is 5.91 Å². The minimum absolute atomic E-state index is 0.0132. The number of ether oxygens (including phenoxy) is 2. The molecule has 0 aromatic carbocycles. The first-order valence-electron chi connectivity index (χ1n) is 10.4. The van der Waals surface area contributed by atoms with Crippen LogP contribution >= 0.6 is 0 Å². The van der Waals surface area contributed by atoms with Crippen LogP contribution < -0.4 is 4.90 Å². The van der Waals surface area contributed by atoms with Crippen LogP contribution in [0.3, 0.4) is 0 Å². The first-order chi connectivity index (χ1) is 14.0. The number of morpholine rings is 1. The van der Waals surface area contributed by atoms with Gasteiger partial charge in [-0.25, -0.2) is 4.98 Å².